The van der Waals surface area contributed by atoms with E-state index in [0.717, 1.165) is 23.1 Å². The van der Waals surface area contributed by atoms with Gasteiger partial charge in [0.25, 0.3) is 0 Å². The predicted molar refractivity (Wildman–Crippen MR) is 80.1 cm³/mol. The highest BCUT2D eigenvalue weighted by atomic mass is 19.1. The Bertz CT molecular complexity index is 681. The van der Waals surface area contributed by atoms with Gasteiger partial charge in [0.1, 0.15) is 11.6 Å². The molecular formula is C16H15FN2O2. The van der Waals surface area contributed by atoms with Crippen molar-refractivity contribution >= 4 is 23.6 Å². The molecule has 0 saturated heterocycles. The molecule has 1 heterocycles. The molecule has 0 atom stereocenters. The summed E-state index contributed by atoms with van der Waals surface area (Å²) in [5, 5.41) is 8.61. The summed E-state index contributed by atoms with van der Waals surface area (Å²) in [6.07, 6.45) is 4.16. The van der Waals surface area contributed by atoms with Gasteiger partial charge in [-0.25, -0.2) is 14.2 Å². The van der Waals surface area contributed by atoms with Crippen LogP contribution in [-0.4, -0.2) is 23.1 Å². The second-order valence-electron chi connectivity index (χ2n) is 4.62. The van der Waals surface area contributed by atoms with E-state index in [0.29, 0.717) is 5.56 Å². The summed E-state index contributed by atoms with van der Waals surface area (Å²) < 4.78 is 12.9. The maximum absolute atomic E-state index is 12.9. The van der Waals surface area contributed by atoms with E-state index in [1.54, 1.807) is 18.3 Å². The summed E-state index contributed by atoms with van der Waals surface area (Å²) >= 11 is 0. The van der Waals surface area contributed by atoms with Crippen molar-refractivity contribution in [2.75, 3.05) is 11.9 Å². The fraction of sp³-hybridized carbons (Fsp3) is 0.125. The molecule has 0 radical (unpaired) electrons. The second-order valence-corrected chi connectivity index (χ2v) is 4.62. The van der Waals surface area contributed by atoms with Crippen LogP contribution in [0.15, 0.2) is 42.6 Å². The number of rotatable bonds is 4. The van der Waals surface area contributed by atoms with Crippen molar-refractivity contribution in [3.8, 4) is 0 Å². The highest BCUT2D eigenvalue weighted by molar-refractivity contribution is 5.85. The van der Waals surface area contributed by atoms with Crippen molar-refractivity contribution in [3.05, 3.63) is 59.5 Å². The average molecular weight is 286 g/mol. The molecule has 21 heavy (non-hydrogen) atoms. The molecule has 0 saturated carbocycles. The molecule has 108 valence electrons. The topological polar surface area (TPSA) is 53.4 Å². The molecule has 0 bridgehead atoms. The van der Waals surface area contributed by atoms with Crippen LogP contribution in [0, 0.1) is 12.7 Å². The number of hydrogen-bond donors (Lipinski definition) is 1. The molecule has 0 fully saturated rings. The number of aryl methyl sites for hydroxylation is 1. The lowest BCUT2D eigenvalue weighted by Gasteiger charge is -2.20. The van der Waals surface area contributed by atoms with Crippen molar-refractivity contribution in [2.24, 2.45) is 0 Å². The van der Waals surface area contributed by atoms with Gasteiger partial charge >= 0.3 is 5.97 Å². The van der Waals surface area contributed by atoms with Crippen molar-refractivity contribution in [1.29, 1.82) is 0 Å². The minimum atomic E-state index is -1.000. The number of carboxylic acids is 1. The van der Waals surface area contributed by atoms with Gasteiger partial charge in [0.15, 0.2) is 0 Å². The first-order chi connectivity index (χ1) is 9.97. The fourth-order valence-corrected chi connectivity index (χ4v) is 1.99. The third-order valence-electron chi connectivity index (χ3n) is 3.02. The highest BCUT2D eigenvalue weighted by Gasteiger charge is 2.09. The number of hydrogen-bond acceptors (Lipinski definition) is 3. The number of aromatic nitrogens is 1. The Balaban J connectivity index is 2.28. The van der Waals surface area contributed by atoms with Crippen LogP contribution in [0.4, 0.5) is 15.9 Å². The molecule has 1 aromatic carbocycles. The van der Waals surface area contributed by atoms with Crippen LogP contribution in [0.2, 0.25) is 0 Å². The van der Waals surface area contributed by atoms with Crippen molar-refractivity contribution in [3.63, 3.8) is 0 Å². The quantitative estimate of drug-likeness (QED) is 0.875. The van der Waals surface area contributed by atoms with Crippen LogP contribution in [0.25, 0.3) is 6.08 Å². The van der Waals surface area contributed by atoms with Crippen molar-refractivity contribution in [1.82, 2.24) is 4.98 Å². The second kappa shape index (κ2) is 6.17. The largest absolute Gasteiger partial charge is 0.478 e. The van der Waals surface area contributed by atoms with E-state index in [-0.39, 0.29) is 5.82 Å². The zero-order valence-corrected chi connectivity index (χ0v) is 11.7. The minimum absolute atomic E-state index is 0.286. The molecule has 5 heteroatoms. The Morgan fingerprint density at radius 2 is 2.00 bits per heavy atom. The standard InChI is InChI=1S/C16H15FN2O2/c1-11-9-12(3-8-15(20)21)10-18-16(11)19(2)14-6-4-13(17)5-7-14/h3-10H,1-2H3,(H,20,21)/b8-3+. The third-order valence-corrected chi connectivity index (χ3v) is 3.02. The van der Waals surface area contributed by atoms with E-state index in [1.165, 1.54) is 18.2 Å². The summed E-state index contributed by atoms with van der Waals surface area (Å²) in [6.45, 7) is 1.89. The monoisotopic (exact) mass is 286 g/mol. The summed E-state index contributed by atoms with van der Waals surface area (Å²) in [5.41, 5.74) is 2.43. The van der Waals surface area contributed by atoms with E-state index in [4.69, 9.17) is 5.11 Å². The van der Waals surface area contributed by atoms with Gasteiger partial charge < -0.3 is 10.0 Å². The van der Waals surface area contributed by atoms with E-state index in [9.17, 15) is 9.18 Å². The Morgan fingerprint density at radius 3 is 2.57 bits per heavy atom. The molecule has 1 aromatic heterocycles. The Kier molecular flexibility index (Phi) is 4.33. The lowest BCUT2D eigenvalue weighted by molar-refractivity contribution is -0.131. The molecule has 0 spiro atoms. The number of pyridine rings is 1. The molecule has 4 nitrogen and oxygen atoms in total. The maximum atomic E-state index is 12.9. The number of carbonyl (C=O) groups is 1. The summed E-state index contributed by atoms with van der Waals surface area (Å²) in [6, 6.07) is 7.99. The first kappa shape index (κ1) is 14.7. The minimum Gasteiger partial charge on any atom is -0.478 e. The van der Waals surface area contributed by atoms with Gasteiger partial charge in [0.2, 0.25) is 0 Å². The Morgan fingerprint density at radius 1 is 1.33 bits per heavy atom. The highest BCUT2D eigenvalue weighted by Crippen LogP contribution is 2.25. The van der Waals surface area contributed by atoms with Gasteiger partial charge in [0, 0.05) is 25.0 Å². The van der Waals surface area contributed by atoms with Gasteiger partial charge in [-0.2, -0.15) is 0 Å². The Hall–Kier alpha value is -2.69. The lowest BCUT2D eigenvalue weighted by atomic mass is 10.1. The SMILES string of the molecule is Cc1cc(/C=C/C(=O)O)cnc1N(C)c1ccc(F)cc1. The lowest BCUT2D eigenvalue weighted by Crippen LogP contribution is -2.12. The molecule has 0 aliphatic heterocycles. The maximum Gasteiger partial charge on any atom is 0.328 e. The van der Waals surface area contributed by atoms with E-state index in [2.05, 4.69) is 4.98 Å². The Labute approximate surface area is 122 Å². The normalized spacial score (nSPS) is 10.8. The van der Waals surface area contributed by atoms with E-state index in [1.807, 2.05) is 24.9 Å². The van der Waals surface area contributed by atoms with Crippen LogP contribution in [0.3, 0.4) is 0 Å². The zero-order valence-electron chi connectivity index (χ0n) is 11.7. The molecular weight excluding hydrogens is 271 g/mol. The number of halogens is 1. The molecule has 0 aliphatic carbocycles. The molecule has 0 amide bonds. The predicted octanol–water partition coefficient (Wildman–Crippen LogP) is 3.39. The molecule has 0 unspecified atom stereocenters. The summed E-state index contributed by atoms with van der Waals surface area (Å²) in [5.74, 6) is -0.555. The molecule has 0 aliphatic rings. The summed E-state index contributed by atoms with van der Waals surface area (Å²) in [4.78, 5) is 16.7. The zero-order chi connectivity index (χ0) is 15.4. The van der Waals surface area contributed by atoms with E-state index < -0.39 is 5.97 Å². The van der Waals surface area contributed by atoms with Crippen LogP contribution in [0.1, 0.15) is 11.1 Å². The van der Waals surface area contributed by atoms with Gasteiger partial charge in [-0.3, -0.25) is 0 Å². The first-order valence-electron chi connectivity index (χ1n) is 6.34. The number of benzene rings is 1. The number of carboxylic acid groups (broad SMARTS) is 1. The molecule has 2 rings (SSSR count). The molecule has 1 N–H and O–H groups in total. The number of anilines is 2. The van der Waals surface area contributed by atoms with Crippen molar-refractivity contribution in [2.45, 2.75) is 6.92 Å². The average Bonchev–Trinajstić information content (AvgIpc) is 2.45. The van der Waals surface area contributed by atoms with Crippen LogP contribution < -0.4 is 4.90 Å². The van der Waals surface area contributed by atoms with Gasteiger partial charge in [-0.05, 0) is 54.5 Å². The van der Waals surface area contributed by atoms with Crippen molar-refractivity contribution < 1.29 is 14.3 Å². The fourth-order valence-electron chi connectivity index (χ4n) is 1.99. The first-order valence-corrected chi connectivity index (χ1v) is 6.34. The molecule has 2 aromatic rings. The third kappa shape index (κ3) is 3.66. The van der Waals surface area contributed by atoms with Gasteiger partial charge in [-0.15, -0.1) is 0 Å². The number of nitrogens with zero attached hydrogens (tertiary/aromatic N) is 2. The van der Waals surface area contributed by atoms with Crippen LogP contribution in [-0.2, 0) is 4.79 Å². The summed E-state index contributed by atoms with van der Waals surface area (Å²) in [7, 11) is 1.84. The smallest absolute Gasteiger partial charge is 0.328 e. The van der Waals surface area contributed by atoms with Crippen LogP contribution >= 0.6 is 0 Å². The van der Waals surface area contributed by atoms with Gasteiger partial charge in [-0.1, -0.05) is 0 Å². The van der Waals surface area contributed by atoms with Gasteiger partial charge in [0.05, 0.1) is 0 Å². The number of aliphatic carboxylic acids is 1. The van der Waals surface area contributed by atoms with E-state index >= 15 is 0 Å². The van der Waals surface area contributed by atoms with Crippen LogP contribution in [0.5, 0.6) is 0 Å².